The maximum Gasteiger partial charge on any atom is 0.291 e. The van der Waals surface area contributed by atoms with Crippen molar-refractivity contribution in [2.45, 2.75) is 0 Å². The highest BCUT2D eigenvalue weighted by atomic mass is 32.1. The van der Waals surface area contributed by atoms with Gasteiger partial charge in [0.05, 0.1) is 12.4 Å². The minimum absolute atomic E-state index is 0.0730. The number of thiocarbonyl (C=S) groups is 1. The van der Waals surface area contributed by atoms with Gasteiger partial charge in [-0.25, -0.2) is 0 Å². The molecular formula is C5H7NO4S2. The molecule has 12 heavy (non-hydrogen) atoms. The largest absolute Gasteiger partial charge is 0.480 e. The monoisotopic (exact) mass is 209 g/mol. The minimum atomic E-state index is -1.02. The van der Waals surface area contributed by atoms with Crippen molar-refractivity contribution in [2.24, 2.45) is 0 Å². The second kappa shape index (κ2) is 4.73. The second-order valence-electron chi connectivity index (χ2n) is 1.66. The summed E-state index contributed by atoms with van der Waals surface area (Å²) in [5.41, 5.74) is 0. The van der Waals surface area contributed by atoms with Crippen molar-refractivity contribution >= 4 is 29.2 Å². The Hall–Kier alpha value is -1.08. The SMILES string of the molecule is OC(O)=CN(C=C(O)O)C(=S)S. The molecule has 0 aliphatic carbocycles. The molecule has 5 nitrogen and oxygen atoms in total. The molecule has 0 radical (unpaired) electrons. The molecule has 0 saturated heterocycles. The zero-order chi connectivity index (χ0) is 9.72. The van der Waals surface area contributed by atoms with Gasteiger partial charge in [-0.1, -0.05) is 12.2 Å². The number of rotatable bonds is 2. The molecule has 68 valence electrons. The van der Waals surface area contributed by atoms with Gasteiger partial charge in [0, 0.05) is 0 Å². The quantitative estimate of drug-likeness (QED) is 0.268. The van der Waals surface area contributed by atoms with Gasteiger partial charge >= 0.3 is 0 Å². The fraction of sp³-hybridized carbons (Fsp3) is 0. The van der Waals surface area contributed by atoms with Crippen LogP contribution in [0, 0.1) is 0 Å². The summed E-state index contributed by atoms with van der Waals surface area (Å²) < 4.78 is -0.0730. The van der Waals surface area contributed by atoms with Gasteiger partial charge in [0.2, 0.25) is 0 Å². The molecule has 0 amide bonds. The maximum atomic E-state index is 8.37. The molecule has 0 bridgehead atoms. The van der Waals surface area contributed by atoms with Crippen LogP contribution in [0.4, 0.5) is 0 Å². The average Bonchev–Trinajstić information content (AvgIpc) is 1.83. The van der Waals surface area contributed by atoms with Crippen molar-refractivity contribution in [3.8, 4) is 0 Å². The van der Waals surface area contributed by atoms with Gasteiger partial charge in [0.15, 0.2) is 0 Å². The van der Waals surface area contributed by atoms with E-state index in [1.54, 1.807) is 0 Å². The van der Waals surface area contributed by atoms with Gasteiger partial charge in [-0.2, -0.15) is 0 Å². The van der Waals surface area contributed by atoms with Crippen molar-refractivity contribution in [3.05, 3.63) is 24.3 Å². The first kappa shape index (κ1) is 10.9. The third-order valence-electron chi connectivity index (χ3n) is 0.730. The third kappa shape index (κ3) is 4.69. The summed E-state index contributed by atoms with van der Waals surface area (Å²) >= 11 is 8.18. The molecule has 0 aromatic rings. The lowest BCUT2D eigenvalue weighted by Gasteiger charge is -2.10. The highest BCUT2D eigenvalue weighted by Crippen LogP contribution is 2.02. The Labute approximate surface area is 79.3 Å². The van der Waals surface area contributed by atoms with Gasteiger partial charge in [0.1, 0.15) is 4.32 Å². The predicted molar refractivity (Wildman–Crippen MR) is 50.1 cm³/mol. The van der Waals surface area contributed by atoms with Crippen LogP contribution in [0.5, 0.6) is 0 Å². The summed E-state index contributed by atoms with van der Waals surface area (Å²) in [7, 11) is 0. The lowest BCUT2D eigenvalue weighted by atomic mass is 10.7. The van der Waals surface area contributed by atoms with Crippen LogP contribution in [-0.4, -0.2) is 29.6 Å². The predicted octanol–water partition coefficient (Wildman–Crippen LogP) is 1.33. The molecule has 0 atom stereocenters. The van der Waals surface area contributed by atoms with Gasteiger partial charge < -0.3 is 20.4 Å². The van der Waals surface area contributed by atoms with Crippen LogP contribution >= 0.6 is 24.8 Å². The molecule has 0 aromatic carbocycles. The van der Waals surface area contributed by atoms with Crippen LogP contribution in [0.2, 0.25) is 0 Å². The molecule has 7 heteroatoms. The fourth-order valence-electron chi connectivity index (χ4n) is 0.397. The summed E-state index contributed by atoms with van der Waals surface area (Å²) in [6.07, 6.45) is 1.50. The topological polar surface area (TPSA) is 84.2 Å². The first-order chi connectivity index (χ1) is 5.43. The fourth-order valence-corrected chi connectivity index (χ4v) is 0.617. The summed E-state index contributed by atoms with van der Waals surface area (Å²) in [5.74, 6) is -2.05. The normalized spacial score (nSPS) is 8.42. The van der Waals surface area contributed by atoms with E-state index in [2.05, 4.69) is 24.8 Å². The third-order valence-corrected chi connectivity index (χ3v) is 1.17. The smallest absolute Gasteiger partial charge is 0.291 e. The Balaban J connectivity index is 4.58. The van der Waals surface area contributed by atoms with Crippen LogP contribution in [0.1, 0.15) is 0 Å². The Morgan fingerprint density at radius 2 is 1.42 bits per heavy atom. The van der Waals surface area contributed by atoms with Crippen molar-refractivity contribution in [3.63, 3.8) is 0 Å². The number of hydrogen-bond donors (Lipinski definition) is 5. The van der Waals surface area contributed by atoms with Crippen LogP contribution in [0.25, 0.3) is 0 Å². The Bertz CT molecular complexity index is 212. The number of aliphatic hydroxyl groups excluding tert-OH is 2. The lowest BCUT2D eigenvalue weighted by Crippen LogP contribution is -2.14. The van der Waals surface area contributed by atoms with Crippen LogP contribution < -0.4 is 0 Å². The van der Waals surface area contributed by atoms with Crippen LogP contribution in [0.15, 0.2) is 24.3 Å². The van der Waals surface area contributed by atoms with E-state index in [0.29, 0.717) is 0 Å². The molecule has 0 unspecified atom stereocenters. The maximum absolute atomic E-state index is 8.37. The highest BCUT2D eigenvalue weighted by molar-refractivity contribution is 8.10. The molecule has 0 heterocycles. The Morgan fingerprint density at radius 1 is 1.08 bits per heavy atom. The molecule has 0 fully saturated rings. The number of aliphatic hydroxyl groups is 4. The first-order valence-electron chi connectivity index (χ1n) is 2.64. The molecule has 0 spiro atoms. The molecule has 0 aromatic heterocycles. The number of hydrogen-bond acceptors (Lipinski definition) is 5. The van der Waals surface area contributed by atoms with Gasteiger partial charge in [-0.3, -0.25) is 4.90 Å². The second-order valence-corrected chi connectivity index (χ2v) is 2.78. The zero-order valence-corrected chi connectivity index (χ0v) is 7.46. The van der Waals surface area contributed by atoms with Gasteiger partial charge in [-0.05, 0) is 0 Å². The van der Waals surface area contributed by atoms with E-state index in [-0.39, 0.29) is 4.32 Å². The molecule has 0 saturated carbocycles. The minimum Gasteiger partial charge on any atom is -0.480 e. The van der Waals surface area contributed by atoms with E-state index < -0.39 is 11.9 Å². The van der Waals surface area contributed by atoms with E-state index in [1.807, 2.05) is 0 Å². The van der Waals surface area contributed by atoms with Crippen molar-refractivity contribution in [1.82, 2.24) is 4.90 Å². The summed E-state index contributed by atoms with van der Waals surface area (Å²) in [6.45, 7) is 0. The van der Waals surface area contributed by atoms with Crippen molar-refractivity contribution in [2.75, 3.05) is 0 Å². The molecule has 0 rings (SSSR count). The molecule has 0 aliphatic rings. The van der Waals surface area contributed by atoms with Gasteiger partial charge in [0.25, 0.3) is 11.9 Å². The number of thiol groups is 1. The van der Waals surface area contributed by atoms with Crippen LogP contribution in [-0.2, 0) is 0 Å². The van der Waals surface area contributed by atoms with Gasteiger partial charge in [-0.15, -0.1) is 12.6 Å². The van der Waals surface area contributed by atoms with E-state index in [1.165, 1.54) is 0 Å². The standard InChI is InChI=1S/C5H7NO4S2/c7-3(8)1-6(5(11)12)2-4(9)10/h1-2,7-10H,(H,11,12). The van der Waals surface area contributed by atoms with Crippen molar-refractivity contribution < 1.29 is 20.4 Å². The first-order valence-corrected chi connectivity index (χ1v) is 3.49. The summed E-state index contributed by atoms with van der Waals surface area (Å²) in [4.78, 5) is 0.836. The number of nitrogens with zero attached hydrogens (tertiary/aromatic N) is 1. The summed E-state index contributed by atoms with van der Waals surface area (Å²) in [5, 5.41) is 33.5. The highest BCUT2D eigenvalue weighted by Gasteiger charge is 2.02. The van der Waals surface area contributed by atoms with E-state index in [4.69, 9.17) is 20.4 Å². The molecule has 0 aliphatic heterocycles. The van der Waals surface area contributed by atoms with E-state index in [9.17, 15) is 0 Å². The summed E-state index contributed by atoms with van der Waals surface area (Å²) in [6, 6.07) is 0. The average molecular weight is 209 g/mol. The Kier molecular flexibility index (Phi) is 4.30. The molecule has 4 N–H and O–H groups in total. The molecular weight excluding hydrogens is 202 g/mol. The zero-order valence-electron chi connectivity index (χ0n) is 5.75. The van der Waals surface area contributed by atoms with E-state index >= 15 is 0 Å². The van der Waals surface area contributed by atoms with E-state index in [0.717, 1.165) is 17.3 Å². The lowest BCUT2D eigenvalue weighted by molar-refractivity contribution is 0.177. The van der Waals surface area contributed by atoms with Crippen LogP contribution in [0.3, 0.4) is 0 Å². The Morgan fingerprint density at radius 3 is 1.58 bits per heavy atom. The van der Waals surface area contributed by atoms with Crippen molar-refractivity contribution in [1.29, 1.82) is 0 Å².